The predicted octanol–water partition coefficient (Wildman–Crippen LogP) is 2.12. The highest BCUT2D eigenvalue weighted by atomic mass is 35.5. The minimum absolute atomic E-state index is 0.0401. The maximum absolute atomic E-state index is 12.3. The second-order valence-corrected chi connectivity index (χ2v) is 4.96. The van der Waals surface area contributed by atoms with Gasteiger partial charge in [0.25, 0.3) is 5.91 Å². The fraction of sp³-hybridized carbons (Fsp3) is 0.385. The molecule has 0 aromatic heterocycles. The second-order valence-electron chi connectivity index (χ2n) is 4.56. The Kier molecular flexibility index (Phi) is 3.95. The number of carbonyl (C=O) groups is 2. The molecule has 0 aliphatic carbocycles. The molecule has 0 saturated carbocycles. The highest BCUT2D eigenvalue weighted by Gasteiger charge is 2.31. The summed E-state index contributed by atoms with van der Waals surface area (Å²) in [5.74, 6) is -1.29. The Labute approximate surface area is 115 Å². The number of carbonyl (C=O) groups excluding carboxylic acids is 1. The number of carboxylic acid groups (broad SMARTS) is 1. The topological polar surface area (TPSA) is 77.8 Å². The molecule has 1 heterocycles. The van der Waals surface area contributed by atoms with Gasteiger partial charge in [-0.2, -0.15) is 0 Å². The van der Waals surface area contributed by atoms with E-state index < -0.39 is 5.97 Å². The molecule has 1 fully saturated rings. The van der Waals surface area contributed by atoms with Gasteiger partial charge in [-0.1, -0.05) is 11.6 Å². The third-order valence-electron chi connectivity index (χ3n) is 3.23. The highest BCUT2D eigenvalue weighted by molar-refractivity contribution is 6.33. The first-order valence-corrected chi connectivity index (χ1v) is 6.38. The lowest BCUT2D eigenvalue weighted by Gasteiger charge is -2.24. The molecule has 6 heteroatoms. The molecule has 102 valence electrons. The van der Waals surface area contributed by atoms with E-state index in [2.05, 4.69) is 0 Å². The van der Waals surface area contributed by atoms with Crippen LogP contribution in [0.5, 0.6) is 5.75 Å². The van der Waals surface area contributed by atoms with E-state index in [1.807, 2.05) is 0 Å². The van der Waals surface area contributed by atoms with Crippen molar-refractivity contribution >= 4 is 23.5 Å². The number of likely N-dealkylation sites (tertiary alicyclic amines) is 1. The summed E-state index contributed by atoms with van der Waals surface area (Å²) < 4.78 is 0. The number of aliphatic carboxylic acids is 1. The summed E-state index contributed by atoms with van der Waals surface area (Å²) in [6.45, 7) is 0.517. The van der Waals surface area contributed by atoms with Crippen molar-refractivity contribution in [2.24, 2.45) is 0 Å². The van der Waals surface area contributed by atoms with Gasteiger partial charge in [0.05, 0.1) is 17.0 Å². The first-order chi connectivity index (χ1) is 8.99. The number of nitrogens with zero attached hydrogens (tertiary/aromatic N) is 1. The quantitative estimate of drug-likeness (QED) is 0.891. The molecule has 1 saturated heterocycles. The van der Waals surface area contributed by atoms with E-state index in [1.54, 1.807) is 0 Å². The number of carboxylic acids is 1. The number of hydrogen-bond acceptors (Lipinski definition) is 3. The van der Waals surface area contributed by atoms with E-state index in [4.69, 9.17) is 16.7 Å². The normalized spacial score (nSPS) is 18.6. The molecular formula is C13H14ClNO4. The van der Waals surface area contributed by atoms with Crippen LogP contribution < -0.4 is 0 Å². The number of rotatable bonds is 3. The van der Waals surface area contributed by atoms with Gasteiger partial charge in [-0.3, -0.25) is 9.59 Å². The zero-order valence-electron chi connectivity index (χ0n) is 10.2. The van der Waals surface area contributed by atoms with Gasteiger partial charge in [0, 0.05) is 12.6 Å². The van der Waals surface area contributed by atoms with Crippen molar-refractivity contribution in [2.45, 2.75) is 25.3 Å². The molecule has 1 unspecified atom stereocenters. The Morgan fingerprint density at radius 2 is 2.16 bits per heavy atom. The molecule has 1 aromatic rings. The van der Waals surface area contributed by atoms with Gasteiger partial charge in [0.1, 0.15) is 5.75 Å². The van der Waals surface area contributed by atoms with Crippen LogP contribution in [0.1, 0.15) is 29.6 Å². The zero-order chi connectivity index (χ0) is 14.0. The summed E-state index contributed by atoms with van der Waals surface area (Å²) >= 11 is 5.95. The van der Waals surface area contributed by atoms with Crippen LogP contribution in [0.2, 0.25) is 5.02 Å². The fourth-order valence-corrected chi connectivity index (χ4v) is 2.55. The molecule has 19 heavy (non-hydrogen) atoms. The molecule has 1 atom stereocenters. The molecule has 0 spiro atoms. The molecule has 0 bridgehead atoms. The molecule has 5 nitrogen and oxygen atoms in total. The molecular weight excluding hydrogens is 270 g/mol. The predicted molar refractivity (Wildman–Crippen MR) is 69.4 cm³/mol. The lowest BCUT2D eigenvalue weighted by molar-refractivity contribution is -0.137. The fourth-order valence-electron chi connectivity index (χ4n) is 2.35. The van der Waals surface area contributed by atoms with E-state index in [9.17, 15) is 14.7 Å². The first kappa shape index (κ1) is 13.7. The third-order valence-corrected chi connectivity index (χ3v) is 3.56. The number of halogens is 1. The van der Waals surface area contributed by atoms with Crippen molar-refractivity contribution in [1.29, 1.82) is 0 Å². The van der Waals surface area contributed by atoms with E-state index in [-0.39, 0.29) is 34.7 Å². The maximum atomic E-state index is 12.3. The minimum atomic E-state index is -0.924. The number of hydrogen-bond donors (Lipinski definition) is 2. The van der Waals surface area contributed by atoms with Crippen LogP contribution in [0, 0.1) is 0 Å². The number of phenols is 1. The van der Waals surface area contributed by atoms with Crippen LogP contribution in [0.25, 0.3) is 0 Å². The smallest absolute Gasteiger partial charge is 0.305 e. The molecule has 1 aliphatic rings. The summed E-state index contributed by atoms with van der Waals surface area (Å²) in [5, 5.41) is 18.5. The van der Waals surface area contributed by atoms with Crippen molar-refractivity contribution in [3.63, 3.8) is 0 Å². The second kappa shape index (κ2) is 5.48. The van der Waals surface area contributed by atoms with Gasteiger partial charge in [-0.25, -0.2) is 0 Å². The lowest BCUT2D eigenvalue weighted by atomic mass is 10.1. The van der Waals surface area contributed by atoms with Crippen LogP contribution in [0.3, 0.4) is 0 Å². The summed E-state index contributed by atoms with van der Waals surface area (Å²) in [6, 6.07) is 3.86. The Bertz CT molecular complexity index is 517. The molecule has 2 rings (SSSR count). The van der Waals surface area contributed by atoms with Crippen LogP contribution in [-0.4, -0.2) is 39.6 Å². The van der Waals surface area contributed by atoms with Crippen molar-refractivity contribution < 1.29 is 19.8 Å². The number of phenolic OH excluding ortho intramolecular Hbond substituents is 1. The summed E-state index contributed by atoms with van der Waals surface area (Å²) in [6.07, 6.45) is 1.39. The molecule has 1 aliphatic heterocycles. The number of benzene rings is 1. The number of aromatic hydroxyl groups is 1. The third kappa shape index (κ3) is 2.98. The van der Waals surface area contributed by atoms with Gasteiger partial charge in [-0.15, -0.1) is 0 Å². The van der Waals surface area contributed by atoms with Crippen LogP contribution in [-0.2, 0) is 4.79 Å². The molecule has 2 N–H and O–H groups in total. The van der Waals surface area contributed by atoms with Crippen molar-refractivity contribution in [3.8, 4) is 5.75 Å². The SMILES string of the molecule is O=C(O)CC1CCCN1C(=O)c1cc(O)ccc1Cl. The summed E-state index contributed by atoms with van der Waals surface area (Å²) in [5.41, 5.74) is 0.207. The van der Waals surface area contributed by atoms with E-state index >= 15 is 0 Å². The lowest BCUT2D eigenvalue weighted by Crippen LogP contribution is -2.37. The van der Waals surface area contributed by atoms with Gasteiger partial charge < -0.3 is 15.1 Å². The maximum Gasteiger partial charge on any atom is 0.305 e. The highest BCUT2D eigenvalue weighted by Crippen LogP contribution is 2.27. The van der Waals surface area contributed by atoms with Crippen LogP contribution >= 0.6 is 11.6 Å². The van der Waals surface area contributed by atoms with E-state index in [1.165, 1.54) is 23.1 Å². The standard InChI is InChI=1S/C13H14ClNO4/c14-11-4-3-9(16)7-10(11)13(19)15-5-1-2-8(15)6-12(17)18/h3-4,7-8,16H,1-2,5-6H2,(H,17,18). The Morgan fingerprint density at radius 3 is 2.84 bits per heavy atom. The Morgan fingerprint density at radius 1 is 1.42 bits per heavy atom. The van der Waals surface area contributed by atoms with Crippen molar-refractivity contribution in [3.05, 3.63) is 28.8 Å². The van der Waals surface area contributed by atoms with Crippen molar-refractivity contribution in [1.82, 2.24) is 4.90 Å². The van der Waals surface area contributed by atoms with Gasteiger partial charge in [0.15, 0.2) is 0 Å². The van der Waals surface area contributed by atoms with Gasteiger partial charge in [-0.05, 0) is 31.0 Å². The molecule has 1 aromatic carbocycles. The zero-order valence-corrected chi connectivity index (χ0v) is 10.9. The Hall–Kier alpha value is -1.75. The monoisotopic (exact) mass is 283 g/mol. The Balaban J connectivity index is 2.23. The van der Waals surface area contributed by atoms with Crippen LogP contribution in [0.15, 0.2) is 18.2 Å². The molecule has 0 radical (unpaired) electrons. The summed E-state index contributed by atoms with van der Waals surface area (Å²) in [4.78, 5) is 24.6. The average molecular weight is 284 g/mol. The largest absolute Gasteiger partial charge is 0.508 e. The van der Waals surface area contributed by atoms with E-state index in [0.717, 1.165) is 6.42 Å². The summed E-state index contributed by atoms with van der Waals surface area (Å²) in [7, 11) is 0. The minimum Gasteiger partial charge on any atom is -0.508 e. The van der Waals surface area contributed by atoms with Gasteiger partial charge in [0.2, 0.25) is 0 Å². The average Bonchev–Trinajstić information content (AvgIpc) is 2.78. The number of amides is 1. The van der Waals surface area contributed by atoms with Crippen LogP contribution in [0.4, 0.5) is 0 Å². The van der Waals surface area contributed by atoms with Gasteiger partial charge >= 0.3 is 5.97 Å². The van der Waals surface area contributed by atoms with Crippen molar-refractivity contribution in [2.75, 3.05) is 6.54 Å². The first-order valence-electron chi connectivity index (χ1n) is 6.00. The molecule has 1 amide bonds. The van der Waals surface area contributed by atoms with E-state index in [0.29, 0.717) is 13.0 Å².